The normalized spacial score (nSPS) is 11.8. The van der Waals surface area contributed by atoms with E-state index in [2.05, 4.69) is 69.4 Å². The van der Waals surface area contributed by atoms with Crippen LogP contribution in [0.2, 0.25) is 0 Å². The van der Waals surface area contributed by atoms with Gasteiger partial charge in [0.25, 0.3) is 0 Å². The number of hydrogen-bond donors (Lipinski definition) is 2. The zero-order valence-corrected chi connectivity index (χ0v) is 15.0. The minimum atomic E-state index is 0.605. The molecule has 2 rings (SSSR count). The molecule has 24 heavy (non-hydrogen) atoms. The van der Waals surface area contributed by atoms with Gasteiger partial charge in [0.15, 0.2) is 5.96 Å². The monoisotopic (exact) mass is 327 g/mol. The molecular weight excluding hydrogens is 298 g/mol. The second-order valence-corrected chi connectivity index (χ2v) is 6.33. The summed E-state index contributed by atoms with van der Waals surface area (Å²) in [5.74, 6) is 2.46. The third-order valence-corrected chi connectivity index (χ3v) is 3.78. The number of guanidine groups is 1. The molecule has 0 atom stereocenters. The van der Waals surface area contributed by atoms with E-state index >= 15 is 0 Å². The van der Waals surface area contributed by atoms with E-state index in [0.29, 0.717) is 12.5 Å². The van der Waals surface area contributed by atoms with Gasteiger partial charge >= 0.3 is 0 Å². The van der Waals surface area contributed by atoms with Crippen LogP contribution in [-0.2, 0) is 19.5 Å². The van der Waals surface area contributed by atoms with Crippen LogP contribution < -0.4 is 10.6 Å². The lowest BCUT2D eigenvalue weighted by Crippen LogP contribution is -2.38. The van der Waals surface area contributed by atoms with Gasteiger partial charge in [0.1, 0.15) is 5.82 Å². The highest BCUT2D eigenvalue weighted by molar-refractivity contribution is 5.79. The van der Waals surface area contributed by atoms with Crippen LogP contribution in [0.1, 0.15) is 31.7 Å². The zero-order chi connectivity index (χ0) is 17.2. The Hall–Kier alpha value is -2.30. The molecule has 0 saturated carbocycles. The molecule has 5 nitrogen and oxygen atoms in total. The number of rotatable bonds is 8. The molecule has 0 unspecified atom stereocenters. The lowest BCUT2D eigenvalue weighted by molar-refractivity contribution is 0.503. The summed E-state index contributed by atoms with van der Waals surface area (Å²) < 4.78 is 2.19. The fraction of sp³-hybridized carbons (Fsp3) is 0.474. The molecule has 0 aliphatic heterocycles. The molecule has 2 aromatic rings. The molecule has 1 heterocycles. The third kappa shape index (κ3) is 6.07. The molecule has 0 fully saturated rings. The molecule has 0 spiro atoms. The Morgan fingerprint density at radius 2 is 2.00 bits per heavy atom. The third-order valence-electron chi connectivity index (χ3n) is 3.78. The fourth-order valence-corrected chi connectivity index (χ4v) is 2.59. The van der Waals surface area contributed by atoms with Crippen LogP contribution in [0.15, 0.2) is 47.7 Å². The summed E-state index contributed by atoms with van der Waals surface area (Å²) in [6, 6.07) is 10.6. The number of benzene rings is 1. The van der Waals surface area contributed by atoms with Crippen LogP contribution in [0, 0.1) is 5.92 Å². The smallest absolute Gasteiger partial charge is 0.191 e. The number of hydrogen-bond acceptors (Lipinski definition) is 2. The molecule has 1 aromatic carbocycles. The summed E-state index contributed by atoms with van der Waals surface area (Å²) in [6.07, 6.45) is 6.04. The van der Waals surface area contributed by atoms with E-state index in [1.54, 1.807) is 7.05 Å². The average molecular weight is 327 g/mol. The molecule has 2 N–H and O–H groups in total. The zero-order valence-electron chi connectivity index (χ0n) is 15.0. The van der Waals surface area contributed by atoms with Gasteiger partial charge in [-0.1, -0.05) is 44.2 Å². The first kappa shape index (κ1) is 18.0. The van der Waals surface area contributed by atoms with Crippen molar-refractivity contribution < 1.29 is 0 Å². The summed E-state index contributed by atoms with van der Waals surface area (Å²) in [4.78, 5) is 8.71. The summed E-state index contributed by atoms with van der Waals surface area (Å²) >= 11 is 0. The van der Waals surface area contributed by atoms with Gasteiger partial charge < -0.3 is 15.2 Å². The van der Waals surface area contributed by atoms with Crippen LogP contribution in [0.5, 0.6) is 0 Å². The predicted molar refractivity (Wildman–Crippen MR) is 100 cm³/mol. The van der Waals surface area contributed by atoms with Gasteiger partial charge in [-0.05, 0) is 24.3 Å². The Labute approximate surface area is 145 Å². The minimum absolute atomic E-state index is 0.605. The standard InChI is InChI=1S/C19H29N5/c1-16(2)15-24-13-12-21-18(24)14-23-19(20-3)22-11-7-10-17-8-5-4-6-9-17/h4-6,8-9,12-13,16H,7,10-11,14-15H2,1-3H3,(H2,20,22,23). The Morgan fingerprint density at radius 1 is 1.21 bits per heavy atom. The van der Waals surface area contributed by atoms with Gasteiger partial charge in [-0.2, -0.15) is 0 Å². The second kappa shape index (κ2) is 9.75. The van der Waals surface area contributed by atoms with Gasteiger partial charge in [0, 0.05) is 32.5 Å². The van der Waals surface area contributed by atoms with E-state index in [1.807, 2.05) is 12.4 Å². The van der Waals surface area contributed by atoms with Crippen molar-refractivity contribution in [2.75, 3.05) is 13.6 Å². The quantitative estimate of drug-likeness (QED) is 0.445. The van der Waals surface area contributed by atoms with Gasteiger partial charge in [0.2, 0.25) is 0 Å². The van der Waals surface area contributed by atoms with E-state index in [1.165, 1.54) is 5.56 Å². The van der Waals surface area contributed by atoms with Crippen molar-refractivity contribution in [2.45, 2.75) is 39.8 Å². The van der Waals surface area contributed by atoms with Crippen molar-refractivity contribution >= 4 is 5.96 Å². The number of aliphatic imine (C=N–C) groups is 1. The summed E-state index contributed by atoms with van der Waals surface area (Å²) in [5.41, 5.74) is 1.37. The maximum absolute atomic E-state index is 4.43. The number of imidazole rings is 1. The fourth-order valence-electron chi connectivity index (χ4n) is 2.59. The lowest BCUT2D eigenvalue weighted by Gasteiger charge is -2.14. The number of nitrogens with zero attached hydrogens (tertiary/aromatic N) is 3. The van der Waals surface area contributed by atoms with Crippen molar-refractivity contribution in [2.24, 2.45) is 10.9 Å². The van der Waals surface area contributed by atoms with Gasteiger partial charge in [-0.15, -0.1) is 0 Å². The van der Waals surface area contributed by atoms with Gasteiger partial charge in [-0.25, -0.2) is 4.98 Å². The van der Waals surface area contributed by atoms with Crippen LogP contribution in [0.3, 0.4) is 0 Å². The Morgan fingerprint density at radius 3 is 2.71 bits per heavy atom. The highest BCUT2D eigenvalue weighted by Gasteiger charge is 2.05. The van der Waals surface area contributed by atoms with Crippen molar-refractivity contribution in [3.8, 4) is 0 Å². The van der Waals surface area contributed by atoms with E-state index in [4.69, 9.17) is 0 Å². The number of aromatic nitrogens is 2. The highest BCUT2D eigenvalue weighted by Crippen LogP contribution is 2.03. The molecule has 5 heteroatoms. The lowest BCUT2D eigenvalue weighted by atomic mass is 10.1. The molecule has 0 aliphatic rings. The van der Waals surface area contributed by atoms with Crippen molar-refractivity contribution in [3.05, 3.63) is 54.1 Å². The largest absolute Gasteiger partial charge is 0.356 e. The summed E-state index contributed by atoms with van der Waals surface area (Å²) in [5, 5.41) is 6.70. The van der Waals surface area contributed by atoms with Crippen molar-refractivity contribution in [1.82, 2.24) is 20.2 Å². The maximum Gasteiger partial charge on any atom is 0.191 e. The van der Waals surface area contributed by atoms with E-state index in [9.17, 15) is 0 Å². The maximum atomic E-state index is 4.43. The van der Waals surface area contributed by atoms with Crippen molar-refractivity contribution in [3.63, 3.8) is 0 Å². The van der Waals surface area contributed by atoms with Crippen LogP contribution in [-0.4, -0.2) is 29.1 Å². The van der Waals surface area contributed by atoms with E-state index in [0.717, 1.165) is 37.7 Å². The highest BCUT2D eigenvalue weighted by atomic mass is 15.2. The first-order valence-corrected chi connectivity index (χ1v) is 8.67. The number of nitrogens with one attached hydrogen (secondary N) is 2. The van der Waals surface area contributed by atoms with Gasteiger partial charge in [0.05, 0.1) is 6.54 Å². The first-order valence-electron chi connectivity index (χ1n) is 8.67. The molecule has 0 aliphatic carbocycles. The van der Waals surface area contributed by atoms with Crippen LogP contribution in [0.4, 0.5) is 0 Å². The van der Waals surface area contributed by atoms with Crippen LogP contribution in [0.25, 0.3) is 0 Å². The summed E-state index contributed by atoms with van der Waals surface area (Å²) in [6.45, 7) is 6.99. The average Bonchev–Trinajstić information content (AvgIpc) is 3.01. The molecule has 130 valence electrons. The minimum Gasteiger partial charge on any atom is -0.356 e. The first-order chi connectivity index (χ1) is 11.7. The molecule has 1 aromatic heterocycles. The summed E-state index contributed by atoms with van der Waals surface area (Å²) in [7, 11) is 1.80. The predicted octanol–water partition coefficient (Wildman–Crippen LogP) is 2.84. The topological polar surface area (TPSA) is 54.2 Å². The SMILES string of the molecule is CN=C(NCCCc1ccccc1)NCc1nccn1CC(C)C. The van der Waals surface area contributed by atoms with Crippen molar-refractivity contribution in [1.29, 1.82) is 0 Å². The molecule has 0 saturated heterocycles. The number of aryl methyl sites for hydroxylation is 1. The molecule has 0 radical (unpaired) electrons. The van der Waals surface area contributed by atoms with Crippen LogP contribution >= 0.6 is 0 Å². The van der Waals surface area contributed by atoms with Gasteiger partial charge in [-0.3, -0.25) is 4.99 Å². The van der Waals surface area contributed by atoms with E-state index < -0.39 is 0 Å². The molecule has 0 bridgehead atoms. The van der Waals surface area contributed by atoms with E-state index in [-0.39, 0.29) is 0 Å². The Balaban J connectivity index is 1.72. The Kier molecular flexibility index (Phi) is 7.33. The molecular formula is C19H29N5. The second-order valence-electron chi connectivity index (χ2n) is 6.33. The Bertz CT molecular complexity index is 616. The molecule has 0 amide bonds.